The monoisotopic (exact) mass is 165 g/mol. The molecule has 0 amide bonds. The summed E-state index contributed by atoms with van der Waals surface area (Å²) in [6, 6.07) is 1.99. The number of hydrogen-bond donors (Lipinski definition) is 0. The number of nitriles is 1. The lowest BCUT2D eigenvalue weighted by Gasteiger charge is -1.96. The van der Waals surface area contributed by atoms with E-state index in [0.717, 1.165) is 24.8 Å². The molecule has 1 atom stereocenters. The maximum absolute atomic E-state index is 11.1. The zero-order chi connectivity index (χ0) is 7.84. The van der Waals surface area contributed by atoms with Gasteiger partial charge in [0.25, 0.3) is 0 Å². The van der Waals surface area contributed by atoms with Gasteiger partial charge in [0, 0.05) is 5.25 Å². The van der Waals surface area contributed by atoms with Crippen LogP contribution in [-0.2, 0) is 4.79 Å². The van der Waals surface area contributed by atoms with Crippen LogP contribution in [0, 0.1) is 11.3 Å². The van der Waals surface area contributed by atoms with E-state index in [1.165, 1.54) is 11.8 Å². The first-order valence-corrected chi connectivity index (χ1v) is 4.55. The molecule has 0 radical (unpaired) electrons. The Bertz CT molecular complexity index is 287. The third-order valence-corrected chi connectivity index (χ3v) is 3.41. The summed E-state index contributed by atoms with van der Waals surface area (Å²) in [5, 5.41) is 8.99. The number of hydrogen-bond acceptors (Lipinski definition) is 3. The standard InChI is InChI=1S/C8H7NOS/c9-4-6-5-2-1-3-7(5)11-8(6)10/h7H,1-3H2. The zero-order valence-electron chi connectivity index (χ0n) is 5.96. The molecule has 1 unspecified atom stereocenters. The summed E-state index contributed by atoms with van der Waals surface area (Å²) in [5.41, 5.74) is 1.56. The molecule has 1 saturated carbocycles. The minimum atomic E-state index is -0.00722. The van der Waals surface area contributed by atoms with Crippen LogP contribution in [0.4, 0.5) is 0 Å². The van der Waals surface area contributed by atoms with E-state index in [0.29, 0.717) is 10.8 Å². The fourth-order valence-electron chi connectivity index (χ4n) is 1.67. The Hall–Kier alpha value is -0.750. The predicted molar refractivity (Wildman–Crippen MR) is 42.9 cm³/mol. The van der Waals surface area contributed by atoms with Gasteiger partial charge in [-0.05, 0) is 24.8 Å². The van der Waals surface area contributed by atoms with Crippen LogP contribution in [-0.4, -0.2) is 10.4 Å². The second-order valence-electron chi connectivity index (χ2n) is 2.80. The first-order valence-electron chi connectivity index (χ1n) is 3.67. The minimum Gasteiger partial charge on any atom is -0.281 e. The van der Waals surface area contributed by atoms with Gasteiger partial charge in [-0.3, -0.25) is 4.79 Å². The summed E-state index contributed by atoms with van der Waals surface area (Å²) in [6.45, 7) is 0. The Kier molecular flexibility index (Phi) is 1.50. The molecule has 2 nitrogen and oxygen atoms in total. The number of carbonyl (C=O) groups is 1. The van der Waals surface area contributed by atoms with Crippen LogP contribution >= 0.6 is 11.8 Å². The highest BCUT2D eigenvalue weighted by atomic mass is 32.2. The molecule has 11 heavy (non-hydrogen) atoms. The summed E-state index contributed by atoms with van der Waals surface area (Å²) in [6.07, 6.45) is 3.19. The Morgan fingerprint density at radius 3 is 3.18 bits per heavy atom. The van der Waals surface area contributed by atoms with Crippen molar-refractivity contribution in [3.63, 3.8) is 0 Å². The van der Waals surface area contributed by atoms with Gasteiger partial charge in [-0.15, -0.1) is 0 Å². The van der Waals surface area contributed by atoms with Gasteiger partial charge in [0.1, 0.15) is 11.6 Å². The quantitative estimate of drug-likeness (QED) is 0.547. The molecule has 0 N–H and O–H groups in total. The van der Waals surface area contributed by atoms with Crippen molar-refractivity contribution < 1.29 is 4.79 Å². The van der Waals surface area contributed by atoms with Crippen LogP contribution in [0.25, 0.3) is 0 Å². The van der Waals surface area contributed by atoms with Crippen LogP contribution in [0.3, 0.4) is 0 Å². The molecule has 0 aromatic carbocycles. The lowest BCUT2D eigenvalue weighted by Crippen LogP contribution is -1.91. The first kappa shape index (κ1) is 6.93. The second kappa shape index (κ2) is 2.38. The normalized spacial score (nSPS) is 29.0. The van der Waals surface area contributed by atoms with Gasteiger partial charge in [-0.2, -0.15) is 5.26 Å². The lowest BCUT2D eigenvalue weighted by molar-refractivity contribution is -0.107. The van der Waals surface area contributed by atoms with Crippen LogP contribution < -0.4 is 0 Å². The maximum atomic E-state index is 11.1. The second-order valence-corrected chi connectivity index (χ2v) is 3.97. The number of fused-ring (bicyclic) bond motifs is 1. The summed E-state index contributed by atoms with van der Waals surface area (Å²) >= 11 is 1.33. The molecule has 3 heteroatoms. The van der Waals surface area contributed by atoms with Crippen LogP contribution in [0.2, 0.25) is 0 Å². The molecule has 1 fully saturated rings. The Morgan fingerprint density at radius 1 is 1.64 bits per heavy atom. The summed E-state index contributed by atoms with van der Waals surface area (Å²) in [7, 11) is 0. The molecular weight excluding hydrogens is 158 g/mol. The average molecular weight is 165 g/mol. The molecule has 2 rings (SSSR count). The highest BCUT2D eigenvalue weighted by molar-refractivity contribution is 8.15. The SMILES string of the molecule is N#CC1=C2CCCC2SC1=O. The molecule has 1 aliphatic heterocycles. The molecule has 56 valence electrons. The van der Waals surface area contributed by atoms with E-state index in [1.54, 1.807) is 0 Å². The predicted octanol–water partition coefficient (Wildman–Crippen LogP) is 1.63. The molecule has 1 heterocycles. The van der Waals surface area contributed by atoms with Gasteiger partial charge >= 0.3 is 0 Å². The van der Waals surface area contributed by atoms with Gasteiger partial charge in [-0.25, -0.2) is 0 Å². The summed E-state index contributed by atoms with van der Waals surface area (Å²) in [4.78, 5) is 11.1. The van der Waals surface area contributed by atoms with E-state index in [-0.39, 0.29) is 5.12 Å². The molecule has 0 saturated heterocycles. The van der Waals surface area contributed by atoms with E-state index in [1.807, 2.05) is 6.07 Å². The number of rotatable bonds is 0. The number of carbonyl (C=O) groups excluding carboxylic acids is 1. The molecule has 0 spiro atoms. The van der Waals surface area contributed by atoms with Crippen molar-refractivity contribution in [1.82, 2.24) is 0 Å². The Balaban J connectivity index is 2.43. The zero-order valence-corrected chi connectivity index (χ0v) is 6.78. The molecule has 2 aliphatic rings. The van der Waals surface area contributed by atoms with Gasteiger partial charge in [0.05, 0.1) is 0 Å². The van der Waals surface area contributed by atoms with Crippen molar-refractivity contribution in [3.05, 3.63) is 11.1 Å². The summed E-state index contributed by atoms with van der Waals surface area (Å²) < 4.78 is 0. The molecule has 1 aliphatic carbocycles. The van der Waals surface area contributed by atoms with Crippen LogP contribution in [0.15, 0.2) is 11.1 Å². The largest absolute Gasteiger partial charge is 0.281 e. The average Bonchev–Trinajstić information content (AvgIpc) is 2.46. The Labute approximate surface area is 69.3 Å². The van der Waals surface area contributed by atoms with Crippen LogP contribution in [0.1, 0.15) is 19.3 Å². The van der Waals surface area contributed by atoms with Gasteiger partial charge in [0.15, 0.2) is 0 Å². The Morgan fingerprint density at radius 2 is 2.45 bits per heavy atom. The van der Waals surface area contributed by atoms with E-state index in [9.17, 15) is 4.79 Å². The molecule has 0 aromatic rings. The number of nitrogens with zero attached hydrogens (tertiary/aromatic N) is 1. The highest BCUT2D eigenvalue weighted by Crippen LogP contribution is 2.43. The van der Waals surface area contributed by atoms with Crippen LogP contribution in [0.5, 0.6) is 0 Å². The van der Waals surface area contributed by atoms with Crippen molar-refractivity contribution in [1.29, 1.82) is 5.26 Å². The van der Waals surface area contributed by atoms with Crippen molar-refractivity contribution in [2.45, 2.75) is 24.5 Å². The van der Waals surface area contributed by atoms with Crippen molar-refractivity contribution in [2.24, 2.45) is 0 Å². The topological polar surface area (TPSA) is 40.9 Å². The summed E-state index contributed by atoms with van der Waals surface area (Å²) in [5.74, 6) is 0. The lowest BCUT2D eigenvalue weighted by atomic mass is 10.1. The van der Waals surface area contributed by atoms with Crippen molar-refractivity contribution >= 4 is 16.9 Å². The fourth-order valence-corrected chi connectivity index (χ4v) is 2.88. The first-order chi connectivity index (χ1) is 5.33. The molecule has 0 aromatic heterocycles. The van der Waals surface area contributed by atoms with E-state index in [2.05, 4.69) is 0 Å². The third-order valence-electron chi connectivity index (χ3n) is 2.19. The smallest absolute Gasteiger partial charge is 0.230 e. The minimum absolute atomic E-state index is 0.00722. The maximum Gasteiger partial charge on any atom is 0.230 e. The molecule has 0 bridgehead atoms. The third kappa shape index (κ3) is 0.899. The van der Waals surface area contributed by atoms with Gasteiger partial charge < -0.3 is 0 Å². The van der Waals surface area contributed by atoms with E-state index >= 15 is 0 Å². The number of thioether (sulfide) groups is 1. The fraction of sp³-hybridized carbons (Fsp3) is 0.500. The van der Waals surface area contributed by atoms with E-state index < -0.39 is 0 Å². The molecular formula is C8H7NOS. The highest BCUT2D eigenvalue weighted by Gasteiger charge is 2.35. The van der Waals surface area contributed by atoms with Gasteiger partial charge in [-0.1, -0.05) is 11.8 Å². The van der Waals surface area contributed by atoms with Crippen molar-refractivity contribution in [2.75, 3.05) is 0 Å². The van der Waals surface area contributed by atoms with E-state index in [4.69, 9.17) is 5.26 Å². The van der Waals surface area contributed by atoms with Gasteiger partial charge in [0.2, 0.25) is 5.12 Å². The van der Waals surface area contributed by atoms with Crippen molar-refractivity contribution in [3.8, 4) is 6.07 Å².